The van der Waals surface area contributed by atoms with Gasteiger partial charge in [-0.2, -0.15) is 0 Å². The molecule has 0 radical (unpaired) electrons. The fraction of sp³-hybridized carbons (Fsp3) is 0.333. The molecule has 0 atom stereocenters. The van der Waals surface area contributed by atoms with Gasteiger partial charge in [-0.25, -0.2) is 0 Å². The molecule has 0 aromatic carbocycles. The summed E-state index contributed by atoms with van der Waals surface area (Å²) < 4.78 is 2.09. The van der Waals surface area contributed by atoms with Crippen LogP contribution in [0.25, 0.3) is 5.70 Å². The second kappa shape index (κ2) is 5.45. The lowest BCUT2D eigenvalue weighted by Gasteiger charge is -2.02. The fourth-order valence-corrected chi connectivity index (χ4v) is 1.29. The first kappa shape index (κ1) is 10.8. The number of rotatable bonds is 4. The van der Waals surface area contributed by atoms with Crippen molar-refractivity contribution in [1.29, 1.82) is 0 Å². The first-order valence-corrected chi connectivity index (χ1v) is 5.02. The highest BCUT2D eigenvalue weighted by molar-refractivity contribution is 5.57. The maximum absolute atomic E-state index is 5.55. The Labute approximate surface area is 85.7 Å². The zero-order chi connectivity index (χ0) is 10.4. The lowest BCUT2D eigenvalue weighted by atomic mass is 10.3. The molecule has 2 N–H and O–H groups in total. The van der Waals surface area contributed by atoms with Crippen molar-refractivity contribution in [3.8, 4) is 0 Å². The Balaban J connectivity index is 2.85. The zero-order valence-electron chi connectivity index (χ0n) is 8.90. The molecule has 2 heteroatoms. The Bertz CT molecular complexity index is 332. The van der Waals surface area contributed by atoms with E-state index in [1.807, 2.05) is 19.2 Å². The number of hydrogen-bond acceptors (Lipinski definition) is 1. The average Bonchev–Trinajstić information content (AvgIpc) is 2.68. The normalized spacial score (nSPS) is 12.6. The maximum Gasteiger partial charge on any atom is 0.0403 e. The molecule has 1 aromatic heterocycles. The molecule has 1 heterocycles. The second-order valence-corrected chi connectivity index (χ2v) is 3.16. The molecule has 0 aliphatic heterocycles. The van der Waals surface area contributed by atoms with E-state index < -0.39 is 0 Å². The van der Waals surface area contributed by atoms with E-state index in [1.165, 1.54) is 5.70 Å². The summed E-state index contributed by atoms with van der Waals surface area (Å²) in [5.74, 6) is 0. The minimum atomic E-state index is 0.599. The van der Waals surface area contributed by atoms with Crippen molar-refractivity contribution in [2.24, 2.45) is 5.73 Å². The van der Waals surface area contributed by atoms with Crippen LogP contribution in [-0.2, 0) is 6.54 Å². The summed E-state index contributed by atoms with van der Waals surface area (Å²) in [4.78, 5) is 0. The van der Waals surface area contributed by atoms with E-state index in [1.54, 1.807) is 0 Å². The van der Waals surface area contributed by atoms with Gasteiger partial charge in [0.1, 0.15) is 0 Å². The van der Waals surface area contributed by atoms with Crippen molar-refractivity contribution in [2.75, 3.05) is 0 Å². The molecular formula is C12H18N2. The van der Waals surface area contributed by atoms with Gasteiger partial charge in [0.15, 0.2) is 0 Å². The second-order valence-electron chi connectivity index (χ2n) is 3.16. The summed E-state index contributed by atoms with van der Waals surface area (Å²) >= 11 is 0. The number of nitrogens with zero attached hydrogens (tertiary/aromatic N) is 1. The van der Waals surface area contributed by atoms with Gasteiger partial charge < -0.3 is 10.3 Å². The van der Waals surface area contributed by atoms with E-state index in [0.717, 1.165) is 12.0 Å². The highest BCUT2D eigenvalue weighted by atomic mass is 14.9. The van der Waals surface area contributed by atoms with Gasteiger partial charge in [-0.15, -0.1) is 0 Å². The number of nitrogens with two attached hydrogens (primary N) is 1. The lowest BCUT2D eigenvalue weighted by Crippen LogP contribution is -1.94. The third-order valence-electron chi connectivity index (χ3n) is 2.11. The van der Waals surface area contributed by atoms with Crippen LogP contribution < -0.4 is 5.73 Å². The first-order chi connectivity index (χ1) is 6.81. The first-order valence-electron chi connectivity index (χ1n) is 5.02. The Hall–Kier alpha value is -1.28. The molecule has 76 valence electrons. The topological polar surface area (TPSA) is 30.9 Å². The molecule has 0 aliphatic rings. The third-order valence-corrected chi connectivity index (χ3v) is 2.11. The molecule has 0 fully saturated rings. The molecule has 0 spiro atoms. The Morgan fingerprint density at radius 1 is 1.57 bits per heavy atom. The van der Waals surface area contributed by atoms with Crippen LogP contribution in [0.1, 0.15) is 25.8 Å². The van der Waals surface area contributed by atoms with Gasteiger partial charge in [-0.1, -0.05) is 19.1 Å². The van der Waals surface area contributed by atoms with Gasteiger partial charge in [0.05, 0.1) is 0 Å². The highest BCUT2D eigenvalue weighted by Gasteiger charge is 1.96. The van der Waals surface area contributed by atoms with Crippen LogP contribution in [0.4, 0.5) is 0 Å². The maximum atomic E-state index is 5.55. The molecule has 0 unspecified atom stereocenters. The minimum Gasteiger partial charge on any atom is -0.326 e. The van der Waals surface area contributed by atoms with E-state index in [2.05, 4.69) is 35.9 Å². The van der Waals surface area contributed by atoms with E-state index in [0.29, 0.717) is 6.54 Å². The van der Waals surface area contributed by atoms with Crippen molar-refractivity contribution >= 4 is 5.70 Å². The van der Waals surface area contributed by atoms with Crippen LogP contribution in [0.15, 0.2) is 36.7 Å². The molecule has 1 rings (SSSR count). The van der Waals surface area contributed by atoms with Gasteiger partial charge in [-0.05, 0) is 31.1 Å². The number of aromatic nitrogens is 1. The minimum absolute atomic E-state index is 0.599. The van der Waals surface area contributed by atoms with E-state index >= 15 is 0 Å². The summed E-state index contributed by atoms with van der Waals surface area (Å²) in [5.41, 5.74) is 7.90. The summed E-state index contributed by atoms with van der Waals surface area (Å²) in [6.45, 7) is 4.77. The predicted molar refractivity (Wildman–Crippen MR) is 61.7 cm³/mol. The largest absolute Gasteiger partial charge is 0.326 e. The summed E-state index contributed by atoms with van der Waals surface area (Å²) in [7, 11) is 0. The Kier molecular flexibility index (Phi) is 4.20. The van der Waals surface area contributed by atoms with Crippen molar-refractivity contribution in [3.63, 3.8) is 0 Å². The summed E-state index contributed by atoms with van der Waals surface area (Å²) in [6.07, 6.45) is 11.5. The molecule has 14 heavy (non-hydrogen) atoms. The van der Waals surface area contributed by atoms with Crippen LogP contribution >= 0.6 is 0 Å². The Morgan fingerprint density at radius 2 is 2.36 bits per heavy atom. The zero-order valence-corrected chi connectivity index (χ0v) is 8.90. The van der Waals surface area contributed by atoms with Crippen LogP contribution in [0, 0.1) is 0 Å². The van der Waals surface area contributed by atoms with E-state index in [4.69, 9.17) is 5.73 Å². The average molecular weight is 190 g/mol. The standard InChI is InChI=1S/C12H18N2/c1-3-5-6-12(4-2)14-8-7-11(9-13)10-14/h4-8,10H,3,9,13H2,1-2H3/b6-5-,12-4+. The van der Waals surface area contributed by atoms with Crippen molar-refractivity contribution in [1.82, 2.24) is 4.57 Å². The molecule has 2 nitrogen and oxygen atoms in total. The van der Waals surface area contributed by atoms with Crippen molar-refractivity contribution < 1.29 is 0 Å². The summed E-state index contributed by atoms with van der Waals surface area (Å²) in [6, 6.07) is 2.04. The third kappa shape index (κ3) is 2.60. The number of allylic oxidation sites excluding steroid dienone is 4. The predicted octanol–water partition coefficient (Wildman–Crippen LogP) is 2.77. The van der Waals surface area contributed by atoms with Gasteiger partial charge >= 0.3 is 0 Å². The monoisotopic (exact) mass is 190 g/mol. The summed E-state index contributed by atoms with van der Waals surface area (Å²) in [5, 5.41) is 0. The van der Waals surface area contributed by atoms with Crippen LogP contribution in [-0.4, -0.2) is 4.57 Å². The molecule has 0 bridgehead atoms. The molecular weight excluding hydrogens is 172 g/mol. The molecule has 0 saturated heterocycles. The highest BCUT2D eigenvalue weighted by Crippen LogP contribution is 2.10. The Morgan fingerprint density at radius 3 is 2.86 bits per heavy atom. The molecule has 0 amide bonds. The van der Waals surface area contributed by atoms with E-state index in [9.17, 15) is 0 Å². The fourth-order valence-electron chi connectivity index (χ4n) is 1.29. The molecule has 0 saturated carbocycles. The molecule has 1 aromatic rings. The van der Waals surface area contributed by atoms with Gasteiger partial charge in [0.2, 0.25) is 0 Å². The van der Waals surface area contributed by atoms with Gasteiger partial charge in [0.25, 0.3) is 0 Å². The smallest absolute Gasteiger partial charge is 0.0403 e. The lowest BCUT2D eigenvalue weighted by molar-refractivity contribution is 1.05. The van der Waals surface area contributed by atoms with Crippen LogP contribution in [0.3, 0.4) is 0 Å². The number of hydrogen-bond donors (Lipinski definition) is 1. The van der Waals surface area contributed by atoms with Gasteiger partial charge in [0, 0.05) is 24.6 Å². The van der Waals surface area contributed by atoms with Crippen molar-refractivity contribution in [2.45, 2.75) is 26.8 Å². The van der Waals surface area contributed by atoms with Crippen LogP contribution in [0.2, 0.25) is 0 Å². The van der Waals surface area contributed by atoms with Crippen molar-refractivity contribution in [3.05, 3.63) is 42.3 Å². The molecule has 0 aliphatic carbocycles. The SMILES string of the molecule is C/C=C(\C=C/CC)n1ccc(CN)c1. The van der Waals surface area contributed by atoms with Crippen LogP contribution in [0.5, 0.6) is 0 Å². The van der Waals surface area contributed by atoms with E-state index in [-0.39, 0.29) is 0 Å². The van der Waals surface area contributed by atoms with Gasteiger partial charge in [-0.3, -0.25) is 0 Å². The quantitative estimate of drug-likeness (QED) is 0.727.